The summed E-state index contributed by atoms with van der Waals surface area (Å²) in [7, 11) is 1.54. The Morgan fingerprint density at radius 1 is 1.16 bits per heavy atom. The normalized spacial score (nSPS) is 11.1. The Morgan fingerprint density at radius 3 is 2.32 bits per heavy atom. The van der Waals surface area contributed by atoms with Crippen LogP contribution in [-0.4, -0.2) is 43.3 Å². The molecule has 25 heavy (non-hydrogen) atoms. The van der Waals surface area contributed by atoms with Crippen LogP contribution in [0.3, 0.4) is 0 Å². The number of carbonyl (C=O) groups is 3. The number of hydrogen-bond donors (Lipinski definition) is 5. The lowest BCUT2D eigenvalue weighted by Crippen LogP contribution is -2.43. The lowest BCUT2D eigenvalue weighted by molar-refractivity contribution is -0.125. The Balaban J connectivity index is 2.68. The van der Waals surface area contributed by atoms with Gasteiger partial charge in [-0.15, -0.1) is 0 Å². The van der Waals surface area contributed by atoms with E-state index in [1.165, 1.54) is 6.92 Å². The van der Waals surface area contributed by atoms with Crippen LogP contribution in [0.4, 0.5) is 5.69 Å². The number of anilines is 1. The van der Waals surface area contributed by atoms with E-state index in [1.807, 2.05) is 0 Å². The van der Waals surface area contributed by atoms with Gasteiger partial charge in [0.25, 0.3) is 5.91 Å². The molecule has 1 aromatic rings. The molecule has 0 spiro atoms. The summed E-state index contributed by atoms with van der Waals surface area (Å²) in [5.41, 5.74) is 11.5. The third-order valence-electron chi connectivity index (χ3n) is 3.28. The first kappa shape index (κ1) is 19.9. The molecule has 136 valence electrons. The second-order valence-corrected chi connectivity index (χ2v) is 5.35. The predicted molar refractivity (Wildman–Crippen MR) is 96.0 cm³/mol. The molecule has 0 saturated carbocycles. The van der Waals surface area contributed by atoms with E-state index in [1.54, 1.807) is 31.3 Å². The SMILES string of the molecule is CNC(=O)c1ccc(NC(=O)[C@H](CCCN=C(N)N)NC(C)=O)cc1. The highest BCUT2D eigenvalue weighted by Gasteiger charge is 2.19. The van der Waals surface area contributed by atoms with Crippen molar-refractivity contribution in [1.29, 1.82) is 0 Å². The van der Waals surface area contributed by atoms with E-state index in [-0.39, 0.29) is 23.7 Å². The van der Waals surface area contributed by atoms with Gasteiger partial charge in [-0.2, -0.15) is 0 Å². The molecule has 1 aromatic carbocycles. The van der Waals surface area contributed by atoms with Gasteiger partial charge in [-0.25, -0.2) is 0 Å². The monoisotopic (exact) mass is 348 g/mol. The van der Waals surface area contributed by atoms with Gasteiger partial charge < -0.3 is 27.4 Å². The Bertz CT molecular complexity index is 638. The Kier molecular flexibility index (Phi) is 7.91. The molecule has 1 atom stereocenters. The highest BCUT2D eigenvalue weighted by Crippen LogP contribution is 2.11. The minimum absolute atomic E-state index is 0.0169. The number of carbonyl (C=O) groups excluding carboxylic acids is 3. The predicted octanol–water partition coefficient (Wildman–Crippen LogP) is -0.457. The van der Waals surface area contributed by atoms with Gasteiger partial charge in [-0.05, 0) is 37.1 Å². The molecule has 3 amide bonds. The van der Waals surface area contributed by atoms with Crippen LogP contribution in [0.15, 0.2) is 29.3 Å². The van der Waals surface area contributed by atoms with Crippen molar-refractivity contribution in [2.75, 3.05) is 18.9 Å². The third kappa shape index (κ3) is 7.34. The first-order valence-electron chi connectivity index (χ1n) is 7.79. The van der Waals surface area contributed by atoms with Crippen molar-refractivity contribution in [3.05, 3.63) is 29.8 Å². The van der Waals surface area contributed by atoms with Gasteiger partial charge in [0.15, 0.2) is 5.96 Å². The van der Waals surface area contributed by atoms with Crippen LogP contribution >= 0.6 is 0 Å². The quantitative estimate of drug-likeness (QED) is 0.245. The zero-order valence-corrected chi connectivity index (χ0v) is 14.3. The Labute approximate surface area is 146 Å². The molecule has 9 nitrogen and oxygen atoms in total. The van der Waals surface area contributed by atoms with E-state index < -0.39 is 6.04 Å². The second-order valence-electron chi connectivity index (χ2n) is 5.35. The number of aliphatic imine (C=N–C) groups is 1. The molecule has 0 aliphatic heterocycles. The molecule has 0 unspecified atom stereocenters. The number of nitrogens with two attached hydrogens (primary N) is 2. The molecule has 1 rings (SSSR count). The van der Waals surface area contributed by atoms with Crippen LogP contribution < -0.4 is 27.4 Å². The van der Waals surface area contributed by atoms with Crippen LogP contribution in [0, 0.1) is 0 Å². The molecular formula is C16H24N6O3. The topological polar surface area (TPSA) is 152 Å². The van der Waals surface area contributed by atoms with Crippen molar-refractivity contribution >= 4 is 29.4 Å². The van der Waals surface area contributed by atoms with Crippen molar-refractivity contribution < 1.29 is 14.4 Å². The van der Waals surface area contributed by atoms with Gasteiger partial charge in [0.1, 0.15) is 6.04 Å². The molecule has 0 radical (unpaired) electrons. The maximum absolute atomic E-state index is 12.4. The van der Waals surface area contributed by atoms with Crippen molar-refractivity contribution in [1.82, 2.24) is 10.6 Å². The van der Waals surface area contributed by atoms with Gasteiger partial charge in [0.2, 0.25) is 11.8 Å². The van der Waals surface area contributed by atoms with Crippen LogP contribution in [0.5, 0.6) is 0 Å². The third-order valence-corrected chi connectivity index (χ3v) is 3.28. The Morgan fingerprint density at radius 2 is 1.80 bits per heavy atom. The standard InChI is InChI=1S/C16H24N6O3/c1-10(23)21-13(4-3-9-20-16(17)18)15(25)22-12-7-5-11(6-8-12)14(24)19-2/h5-8,13H,3-4,9H2,1-2H3,(H,19,24)(H,21,23)(H,22,25)(H4,17,18,20)/t13-/m0/s1. The van der Waals surface area contributed by atoms with Crippen LogP contribution in [0.25, 0.3) is 0 Å². The average molecular weight is 348 g/mol. The maximum atomic E-state index is 12.4. The van der Waals surface area contributed by atoms with E-state index in [4.69, 9.17) is 11.5 Å². The fraction of sp³-hybridized carbons (Fsp3) is 0.375. The summed E-state index contributed by atoms with van der Waals surface area (Å²) in [6, 6.07) is 5.73. The van der Waals surface area contributed by atoms with Gasteiger partial charge in [-0.1, -0.05) is 0 Å². The van der Waals surface area contributed by atoms with Crippen LogP contribution in [0.2, 0.25) is 0 Å². The van der Waals surface area contributed by atoms with E-state index in [0.29, 0.717) is 30.6 Å². The summed E-state index contributed by atoms with van der Waals surface area (Å²) in [5, 5.41) is 7.83. The molecule has 0 aliphatic rings. The number of nitrogens with one attached hydrogen (secondary N) is 3. The zero-order valence-electron chi connectivity index (χ0n) is 14.3. The molecule has 0 aromatic heterocycles. The minimum atomic E-state index is -0.703. The van der Waals surface area contributed by atoms with Crippen molar-refractivity contribution in [2.45, 2.75) is 25.8 Å². The number of nitrogens with zero attached hydrogens (tertiary/aromatic N) is 1. The van der Waals surface area contributed by atoms with Crippen LogP contribution in [-0.2, 0) is 9.59 Å². The minimum Gasteiger partial charge on any atom is -0.370 e. The molecular weight excluding hydrogens is 324 g/mol. The van der Waals surface area contributed by atoms with Crippen molar-refractivity contribution in [2.24, 2.45) is 16.5 Å². The van der Waals surface area contributed by atoms with Crippen LogP contribution in [0.1, 0.15) is 30.1 Å². The average Bonchev–Trinajstić information content (AvgIpc) is 2.57. The van der Waals surface area contributed by atoms with Gasteiger partial charge in [0, 0.05) is 31.8 Å². The van der Waals surface area contributed by atoms with E-state index in [2.05, 4.69) is 20.9 Å². The summed E-state index contributed by atoms with van der Waals surface area (Å²) in [6.07, 6.45) is 0.921. The highest BCUT2D eigenvalue weighted by atomic mass is 16.2. The Hall–Kier alpha value is -3.10. The van der Waals surface area contributed by atoms with Gasteiger partial charge in [0.05, 0.1) is 0 Å². The van der Waals surface area contributed by atoms with E-state index in [9.17, 15) is 14.4 Å². The van der Waals surface area contributed by atoms with E-state index >= 15 is 0 Å². The second kappa shape index (κ2) is 9.91. The summed E-state index contributed by atoms with van der Waals surface area (Å²) in [6.45, 7) is 1.71. The number of rotatable bonds is 8. The maximum Gasteiger partial charge on any atom is 0.251 e. The number of benzene rings is 1. The summed E-state index contributed by atoms with van der Waals surface area (Å²) in [4.78, 5) is 39.0. The smallest absolute Gasteiger partial charge is 0.251 e. The summed E-state index contributed by atoms with van der Waals surface area (Å²) >= 11 is 0. The van der Waals surface area contributed by atoms with Crippen molar-refractivity contribution in [3.8, 4) is 0 Å². The zero-order chi connectivity index (χ0) is 18.8. The molecule has 7 N–H and O–H groups in total. The molecule has 0 aliphatic carbocycles. The first-order valence-corrected chi connectivity index (χ1v) is 7.79. The van der Waals surface area contributed by atoms with Gasteiger partial charge in [-0.3, -0.25) is 19.4 Å². The highest BCUT2D eigenvalue weighted by molar-refractivity contribution is 5.98. The lowest BCUT2D eigenvalue weighted by Gasteiger charge is -2.17. The molecule has 0 saturated heterocycles. The number of guanidine groups is 1. The largest absolute Gasteiger partial charge is 0.370 e. The van der Waals surface area contributed by atoms with E-state index in [0.717, 1.165) is 0 Å². The summed E-state index contributed by atoms with van der Waals surface area (Å²) in [5.74, 6) is -0.894. The molecule has 0 fully saturated rings. The molecule has 9 heteroatoms. The number of amides is 3. The summed E-state index contributed by atoms with van der Waals surface area (Å²) < 4.78 is 0. The fourth-order valence-corrected chi connectivity index (χ4v) is 2.10. The lowest BCUT2D eigenvalue weighted by atomic mass is 10.1. The fourth-order valence-electron chi connectivity index (χ4n) is 2.10. The van der Waals surface area contributed by atoms with Crippen molar-refractivity contribution in [3.63, 3.8) is 0 Å². The number of hydrogen-bond acceptors (Lipinski definition) is 4. The molecule has 0 bridgehead atoms. The van der Waals surface area contributed by atoms with Gasteiger partial charge >= 0.3 is 0 Å². The first-order chi connectivity index (χ1) is 11.8. The molecule has 0 heterocycles.